The third-order valence-electron chi connectivity index (χ3n) is 4.59. The molecule has 1 heterocycles. The van der Waals surface area contributed by atoms with Crippen molar-refractivity contribution in [3.8, 4) is 17.1 Å². The molecule has 0 aliphatic rings. The first-order valence-corrected chi connectivity index (χ1v) is 9.45. The molecule has 0 fully saturated rings. The molecular weight excluding hydrogens is 373 g/mol. The Bertz CT molecular complexity index is 970. The summed E-state index contributed by atoms with van der Waals surface area (Å²) in [6.07, 6.45) is 0.564. The number of halogens is 1. The minimum Gasteiger partial charge on any atom is -0.492 e. The summed E-state index contributed by atoms with van der Waals surface area (Å²) in [6, 6.07) is 12.5. The molecule has 1 aromatic heterocycles. The molecule has 0 bridgehead atoms. The zero-order chi connectivity index (χ0) is 20.8. The first-order valence-electron chi connectivity index (χ1n) is 9.45. The maximum atomic E-state index is 13.7. The van der Waals surface area contributed by atoms with Gasteiger partial charge in [-0.25, -0.2) is 4.39 Å². The Labute approximate surface area is 169 Å². The van der Waals surface area contributed by atoms with Crippen molar-refractivity contribution in [1.82, 2.24) is 15.0 Å². The van der Waals surface area contributed by atoms with Gasteiger partial charge in [0.05, 0.1) is 6.54 Å². The van der Waals surface area contributed by atoms with E-state index in [0.29, 0.717) is 42.4 Å². The van der Waals surface area contributed by atoms with Gasteiger partial charge in [0.2, 0.25) is 17.6 Å². The molecule has 0 N–H and O–H groups in total. The van der Waals surface area contributed by atoms with Gasteiger partial charge >= 0.3 is 0 Å². The lowest BCUT2D eigenvalue weighted by Crippen LogP contribution is -2.31. The number of aromatic nitrogens is 2. The van der Waals surface area contributed by atoms with Crippen LogP contribution in [0, 0.1) is 19.7 Å². The predicted molar refractivity (Wildman–Crippen MR) is 107 cm³/mol. The van der Waals surface area contributed by atoms with Gasteiger partial charge in [0.1, 0.15) is 18.2 Å². The van der Waals surface area contributed by atoms with Crippen molar-refractivity contribution < 1.29 is 18.4 Å². The molecule has 152 valence electrons. The number of carbonyl (C=O) groups is 1. The zero-order valence-electron chi connectivity index (χ0n) is 16.8. The van der Waals surface area contributed by atoms with Gasteiger partial charge in [0, 0.05) is 25.5 Å². The first-order chi connectivity index (χ1) is 13.9. The molecule has 0 aliphatic heterocycles. The standard InChI is InChI=1S/C22H24FN3O3/c1-15-4-8-18(9-5-15)28-13-12-26(3)21(27)11-10-20-24-22(25-29-20)17-7-6-16(2)19(23)14-17/h4-9,14H,10-13H2,1-3H3. The SMILES string of the molecule is Cc1ccc(OCCN(C)C(=O)CCc2nc(-c3ccc(C)c(F)c3)no2)cc1. The van der Waals surface area contributed by atoms with Crippen LogP contribution in [0.5, 0.6) is 5.75 Å². The fraction of sp³-hybridized carbons (Fsp3) is 0.318. The maximum Gasteiger partial charge on any atom is 0.227 e. The molecule has 0 saturated carbocycles. The predicted octanol–water partition coefficient (Wildman–Crippen LogP) is 3.96. The van der Waals surface area contributed by atoms with Crippen LogP contribution >= 0.6 is 0 Å². The number of nitrogens with zero attached hydrogens (tertiary/aromatic N) is 3. The van der Waals surface area contributed by atoms with Gasteiger partial charge in [-0.1, -0.05) is 35.0 Å². The van der Waals surface area contributed by atoms with Crippen LogP contribution in [0.25, 0.3) is 11.4 Å². The first kappa shape index (κ1) is 20.5. The maximum absolute atomic E-state index is 13.7. The number of aryl methyl sites for hydroxylation is 3. The van der Waals surface area contributed by atoms with E-state index in [2.05, 4.69) is 10.1 Å². The van der Waals surface area contributed by atoms with Crippen molar-refractivity contribution in [2.24, 2.45) is 0 Å². The molecule has 0 saturated heterocycles. The van der Waals surface area contributed by atoms with Gasteiger partial charge in [-0.05, 0) is 37.6 Å². The Morgan fingerprint density at radius 2 is 1.93 bits per heavy atom. The molecule has 0 unspecified atom stereocenters. The smallest absolute Gasteiger partial charge is 0.227 e. The van der Waals surface area contributed by atoms with Crippen LogP contribution in [0.2, 0.25) is 0 Å². The fourth-order valence-corrected chi connectivity index (χ4v) is 2.67. The summed E-state index contributed by atoms with van der Waals surface area (Å²) >= 11 is 0. The third kappa shape index (κ3) is 5.63. The van der Waals surface area contributed by atoms with E-state index in [-0.39, 0.29) is 18.1 Å². The number of benzene rings is 2. The molecule has 7 heteroatoms. The van der Waals surface area contributed by atoms with Crippen molar-refractivity contribution in [1.29, 1.82) is 0 Å². The highest BCUT2D eigenvalue weighted by Crippen LogP contribution is 2.19. The van der Waals surface area contributed by atoms with Crippen LogP contribution in [0.4, 0.5) is 4.39 Å². The molecular formula is C22H24FN3O3. The van der Waals surface area contributed by atoms with E-state index in [9.17, 15) is 9.18 Å². The largest absolute Gasteiger partial charge is 0.492 e. The Hall–Kier alpha value is -3.22. The highest BCUT2D eigenvalue weighted by molar-refractivity contribution is 5.76. The van der Waals surface area contributed by atoms with E-state index in [1.165, 1.54) is 11.6 Å². The second-order valence-electron chi connectivity index (χ2n) is 6.95. The van der Waals surface area contributed by atoms with Gasteiger partial charge in [-0.3, -0.25) is 4.79 Å². The molecule has 2 aromatic carbocycles. The summed E-state index contributed by atoms with van der Waals surface area (Å²) in [4.78, 5) is 18.2. The van der Waals surface area contributed by atoms with E-state index in [0.717, 1.165) is 5.75 Å². The number of carbonyl (C=O) groups excluding carboxylic acids is 1. The molecule has 0 atom stereocenters. The van der Waals surface area contributed by atoms with Crippen LogP contribution < -0.4 is 4.74 Å². The van der Waals surface area contributed by atoms with Gasteiger partial charge in [0.25, 0.3) is 0 Å². The molecule has 29 heavy (non-hydrogen) atoms. The molecule has 1 amide bonds. The quantitative estimate of drug-likeness (QED) is 0.575. The number of hydrogen-bond acceptors (Lipinski definition) is 5. The Balaban J connectivity index is 1.45. The van der Waals surface area contributed by atoms with Crippen molar-refractivity contribution in [2.45, 2.75) is 26.7 Å². The average molecular weight is 397 g/mol. The molecule has 0 aliphatic carbocycles. The fourth-order valence-electron chi connectivity index (χ4n) is 2.67. The molecule has 3 rings (SSSR count). The average Bonchev–Trinajstić information content (AvgIpc) is 3.18. The minimum atomic E-state index is -0.321. The zero-order valence-corrected chi connectivity index (χ0v) is 16.8. The molecule has 0 spiro atoms. The number of ether oxygens (including phenoxy) is 1. The highest BCUT2D eigenvalue weighted by atomic mass is 19.1. The Morgan fingerprint density at radius 3 is 2.66 bits per heavy atom. The topological polar surface area (TPSA) is 68.5 Å². The normalized spacial score (nSPS) is 10.8. The Kier molecular flexibility index (Phi) is 6.59. The number of rotatable bonds is 8. The van der Waals surface area contributed by atoms with Crippen LogP contribution in [-0.4, -0.2) is 41.1 Å². The Morgan fingerprint density at radius 1 is 1.17 bits per heavy atom. The van der Waals surface area contributed by atoms with Crippen LogP contribution in [0.1, 0.15) is 23.4 Å². The second-order valence-corrected chi connectivity index (χ2v) is 6.95. The summed E-state index contributed by atoms with van der Waals surface area (Å²) in [5, 5.41) is 3.87. The summed E-state index contributed by atoms with van der Waals surface area (Å²) < 4.78 is 24.5. The lowest BCUT2D eigenvalue weighted by Gasteiger charge is -2.17. The third-order valence-corrected chi connectivity index (χ3v) is 4.59. The van der Waals surface area contributed by atoms with E-state index < -0.39 is 0 Å². The molecule has 0 radical (unpaired) electrons. The lowest BCUT2D eigenvalue weighted by molar-refractivity contribution is -0.130. The monoisotopic (exact) mass is 397 g/mol. The van der Waals surface area contributed by atoms with Crippen molar-refractivity contribution >= 4 is 5.91 Å². The van der Waals surface area contributed by atoms with Crippen molar-refractivity contribution in [3.63, 3.8) is 0 Å². The number of amides is 1. The summed E-state index contributed by atoms with van der Waals surface area (Å²) in [6.45, 7) is 4.59. The van der Waals surface area contributed by atoms with Gasteiger partial charge < -0.3 is 14.2 Å². The van der Waals surface area contributed by atoms with Crippen LogP contribution in [0.15, 0.2) is 47.0 Å². The summed E-state index contributed by atoms with van der Waals surface area (Å²) in [5.74, 6) is 1.07. The van der Waals surface area contributed by atoms with Gasteiger partial charge in [-0.15, -0.1) is 0 Å². The number of hydrogen-bond donors (Lipinski definition) is 0. The van der Waals surface area contributed by atoms with Gasteiger partial charge in [0.15, 0.2) is 0 Å². The van der Waals surface area contributed by atoms with E-state index in [1.807, 2.05) is 31.2 Å². The molecule has 6 nitrogen and oxygen atoms in total. The van der Waals surface area contributed by atoms with Crippen molar-refractivity contribution in [3.05, 3.63) is 65.3 Å². The second kappa shape index (κ2) is 9.32. The number of likely N-dealkylation sites (N-methyl/N-ethyl adjacent to an activating group) is 1. The summed E-state index contributed by atoms with van der Waals surface area (Å²) in [5.41, 5.74) is 2.26. The van der Waals surface area contributed by atoms with E-state index in [4.69, 9.17) is 9.26 Å². The lowest BCUT2D eigenvalue weighted by atomic mass is 10.1. The highest BCUT2D eigenvalue weighted by Gasteiger charge is 2.14. The van der Waals surface area contributed by atoms with Crippen LogP contribution in [-0.2, 0) is 11.2 Å². The molecule has 3 aromatic rings. The van der Waals surface area contributed by atoms with E-state index in [1.54, 1.807) is 31.0 Å². The van der Waals surface area contributed by atoms with E-state index >= 15 is 0 Å². The van der Waals surface area contributed by atoms with Gasteiger partial charge in [-0.2, -0.15) is 4.98 Å². The van der Waals surface area contributed by atoms with Crippen molar-refractivity contribution in [2.75, 3.05) is 20.2 Å². The minimum absolute atomic E-state index is 0.0429. The van der Waals surface area contributed by atoms with Crippen LogP contribution in [0.3, 0.4) is 0 Å². The summed E-state index contributed by atoms with van der Waals surface area (Å²) in [7, 11) is 1.73.